The molecule has 2 aromatic rings. The summed E-state index contributed by atoms with van der Waals surface area (Å²) in [5.74, 6) is 0.764. The van der Waals surface area contributed by atoms with E-state index in [1.807, 2.05) is 25.1 Å². The number of aromatic nitrogens is 2. The lowest BCUT2D eigenvalue weighted by Gasteiger charge is -2.10. The van der Waals surface area contributed by atoms with E-state index in [1.54, 1.807) is 16.7 Å². The quantitative estimate of drug-likeness (QED) is 0.780. The number of nitrogens with zero attached hydrogens (tertiary/aromatic N) is 3. The summed E-state index contributed by atoms with van der Waals surface area (Å²) in [6.45, 7) is 3.75. The summed E-state index contributed by atoms with van der Waals surface area (Å²) in [5.41, 5.74) is 1.90. The predicted molar refractivity (Wildman–Crippen MR) is 93.0 cm³/mol. The van der Waals surface area contributed by atoms with Crippen molar-refractivity contribution in [1.82, 2.24) is 15.1 Å². The number of carbonyl (C=O) groups is 1. The van der Waals surface area contributed by atoms with Gasteiger partial charge >= 0.3 is 6.09 Å². The molecule has 23 heavy (non-hydrogen) atoms. The summed E-state index contributed by atoms with van der Waals surface area (Å²) in [7, 11) is 0. The van der Waals surface area contributed by atoms with Crippen LogP contribution in [0.25, 0.3) is 0 Å². The highest BCUT2D eigenvalue weighted by molar-refractivity contribution is 8.01. The molecular formula is C14H15ClN4O2S2. The number of rotatable bonds is 6. The van der Waals surface area contributed by atoms with E-state index in [9.17, 15) is 4.79 Å². The van der Waals surface area contributed by atoms with E-state index >= 15 is 0 Å². The molecule has 6 nitrogen and oxygen atoms in total. The zero-order valence-electron chi connectivity index (χ0n) is 12.4. The van der Waals surface area contributed by atoms with Crippen molar-refractivity contribution in [3.8, 4) is 0 Å². The number of amides is 1. The zero-order chi connectivity index (χ0) is 16.2. The third-order valence-electron chi connectivity index (χ3n) is 3.35. The number of hydrogen-bond donors (Lipinski definition) is 1. The molecule has 2 heterocycles. The number of carbonyl (C=O) groups excluding carboxylic acids is 1. The topological polar surface area (TPSA) is 67.3 Å². The van der Waals surface area contributed by atoms with E-state index in [0.717, 1.165) is 26.5 Å². The molecule has 0 spiro atoms. The fraction of sp³-hybridized carbons (Fsp3) is 0.357. The van der Waals surface area contributed by atoms with Gasteiger partial charge < -0.3 is 15.0 Å². The molecule has 0 aliphatic carbocycles. The lowest BCUT2D eigenvalue weighted by atomic mass is 10.2. The molecule has 1 saturated heterocycles. The predicted octanol–water partition coefficient (Wildman–Crippen LogP) is 3.79. The Hall–Kier alpha value is -1.51. The molecule has 0 atom stereocenters. The van der Waals surface area contributed by atoms with Crippen LogP contribution in [0.1, 0.15) is 5.56 Å². The smallest absolute Gasteiger partial charge is 0.409 e. The summed E-state index contributed by atoms with van der Waals surface area (Å²) in [6, 6.07) is 5.70. The Balaban J connectivity index is 1.53. The second kappa shape index (κ2) is 7.37. The molecule has 1 aliphatic rings. The first-order chi connectivity index (χ1) is 11.1. The molecule has 1 N–H and O–H groups in total. The van der Waals surface area contributed by atoms with Crippen molar-refractivity contribution in [3.63, 3.8) is 0 Å². The molecule has 1 amide bonds. The Morgan fingerprint density at radius 2 is 2.35 bits per heavy atom. The van der Waals surface area contributed by atoms with Gasteiger partial charge in [0.15, 0.2) is 4.34 Å². The molecule has 3 rings (SSSR count). The van der Waals surface area contributed by atoms with Gasteiger partial charge in [-0.3, -0.25) is 0 Å². The first-order valence-electron chi connectivity index (χ1n) is 7.03. The van der Waals surface area contributed by atoms with Crippen molar-refractivity contribution in [3.05, 3.63) is 28.8 Å². The summed E-state index contributed by atoms with van der Waals surface area (Å²) in [6.07, 6.45) is -0.235. The largest absolute Gasteiger partial charge is 0.448 e. The molecular weight excluding hydrogens is 356 g/mol. The lowest BCUT2D eigenvalue weighted by molar-refractivity contribution is 0.160. The van der Waals surface area contributed by atoms with Crippen LogP contribution in [0.15, 0.2) is 22.5 Å². The molecule has 122 valence electrons. The Bertz CT molecular complexity index is 710. The van der Waals surface area contributed by atoms with Gasteiger partial charge in [0, 0.05) is 23.0 Å². The number of ether oxygens (including phenoxy) is 1. The molecule has 1 aromatic carbocycles. The number of nitrogens with one attached hydrogen (secondary N) is 1. The van der Waals surface area contributed by atoms with E-state index in [1.165, 1.54) is 11.3 Å². The van der Waals surface area contributed by atoms with E-state index in [4.69, 9.17) is 16.3 Å². The fourth-order valence-corrected chi connectivity index (χ4v) is 4.02. The standard InChI is InChI=1S/C14H15ClN4O2S2/c1-9-10(15)3-2-4-11(9)16-12-17-18-13(23-12)22-8-6-19-5-7-21-14(19)20/h2-4H,5-8H2,1H3,(H,16,17). The van der Waals surface area contributed by atoms with Gasteiger partial charge in [0.25, 0.3) is 0 Å². The van der Waals surface area contributed by atoms with Crippen molar-refractivity contribution in [1.29, 1.82) is 0 Å². The SMILES string of the molecule is Cc1c(Cl)cccc1Nc1nnc(SCCN2CCOC2=O)s1. The molecule has 0 unspecified atom stereocenters. The number of thioether (sulfide) groups is 1. The summed E-state index contributed by atoms with van der Waals surface area (Å²) >= 11 is 9.16. The van der Waals surface area contributed by atoms with Gasteiger partial charge in [-0.1, -0.05) is 40.8 Å². The number of cyclic esters (lactones) is 1. The van der Waals surface area contributed by atoms with E-state index in [2.05, 4.69) is 15.5 Å². The van der Waals surface area contributed by atoms with Crippen LogP contribution in [0.4, 0.5) is 15.6 Å². The number of benzene rings is 1. The van der Waals surface area contributed by atoms with E-state index in [-0.39, 0.29) is 6.09 Å². The third-order valence-corrected chi connectivity index (χ3v) is 5.71. The number of halogens is 1. The van der Waals surface area contributed by atoms with Gasteiger partial charge in [0.05, 0.1) is 6.54 Å². The van der Waals surface area contributed by atoms with Crippen molar-refractivity contribution in [2.75, 3.05) is 30.8 Å². The van der Waals surface area contributed by atoms with Gasteiger partial charge in [-0.2, -0.15) is 0 Å². The zero-order valence-corrected chi connectivity index (χ0v) is 14.8. The van der Waals surface area contributed by atoms with E-state index < -0.39 is 0 Å². The van der Waals surface area contributed by atoms with Gasteiger partial charge in [-0.25, -0.2) is 4.79 Å². The van der Waals surface area contributed by atoms with Crippen LogP contribution in [0, 0.1) is 6.92 Å². The van der Waals surface area contributed by atoms with Crippen LogP contribution in [0.5, 0.6) is 0 Å². The maximum atomic E-state index is 11.3. The Morgan fingerprint density at radius 3 is 3.13 bits per heavy atom. The van der Waals surface area contributed by atoms with Crippen molar-refractivity contribution in [2.24, 2.45) is 0 Å². The van der Waals surface area contributed by atoms with Crippen LogP contribution in [0.2, 0.25) is 5.02 Å². The molecule has 9 heteroatoms. The first kappa shape index (κ1) is 16.4. The monoisotopic (exact) mass is 370 g/mol. The number of hydrogen-bond acceptors (Lipinski definition) is 7. The van der Waals surface area contributed by atoms with Gasteiger partial charge in [0.2, 0.25) is 5.13 Å². The average Bonchev–Trinajstić information content (AvgIpc) is 3.14. The minimum Gasteiger partial charge on any atom is -0.448 e. The van der Waals surface area contributed by atoms with Crippen molar-refractivity contribution >= 4 is 51.6 Å². The average molecular weight is 371 g/mol. The third kappa shape index (κ3) is 4.07. The van der Waals surface area contributed by atoms with Crippen LogP contribution in [-0.4, -0.2) is 46.6 Å². The second-order valence-corrected chi connectivity index (χ2v) is 7.59. The van der Waals surface area contributed by atoms with E-state index in [0.29, 0.717) is 24.7 Å². The Kier molecular flexibility index (Phi) is 5.24. The van der Waals surface area contributed by atoms with Gasteiger partial charge in [-0.05, 0) is 24.6 Å². The Morgan fingerprint density at radius 1 is 1.48 bits per heavy atom. The Labute approximate surface area is 147 Å². The van der Waals surface area contributed by atoms with Crippen LogP contribution < -0.4 is 5.32 Å². The molecule has 1 fully saturated rings. The highest BCUT2D eigenvalue weighted by Gasteiger charge is 2.21. The van der Waals surface area contributed by atoms with Crippen LogP contribution in [0.3, 0.4) is 0 Å². The minimum atomic E-state index is -0.235. The van der Waals surface area contributed by atoms with Crippen molar-refractivity contribution in [2.45, 2.75) is 11.3 Å². The highest BCUT2D eigenvalue weighted by Crippen LogP contribution is 2.30. The maximum absolute atomic E-state index is 11.3. The van der Waals surface area contributed by atoms with Crippen LogP contribution in [-0.2, 0) is 4.74 Å². The molecule has 1 aromatic heterocycles. The minimum absolute atomic E-state index is 0.235. The molecule has 0 bridgehead atoms. The summed E-state index contributed by atoms with van der Waals surface area (Å²) in [5, 5.41) is 13.0. The lowest BCUT2D eigenvalue weighted by Crippen LogP contribution is -2.26. The normalized spacial score (nSPS) is 14.2. The molecule has 0 radical (unpaired) electrons. The maximum Gasteiger partial charge on any atom is 0.409 e. The number of anilines is 2. The first-order valence-corrected chi connectivity index (χ1v) is 9.21. The molecule has 0 saturated carbocycles. The van der Waals surface area contributed by atoms with Gasteiger partial charge in [-0.15, -0.1) is 10.2 Å². The second-order valence-electron chi connectivity index (χ2n) is 4.86. The summed E-state index contributed by atoms with van der Waals surface area (Å²) < 4.78 is 5.75. The molecule has 1 aliphatic heterocycles. The summed E-state index contributed by atoms with van der Waals surface area (Å²) in [4.78, 5) is 13.0. The highest BCUT2D eigenvalue weighted by atomic mass is 35.5. The van der Waals surface area contributed by atoms with Crippen molar-refractivity contribution < 1.29 is 9.53 Å². The fourth-order valence-electron chi connectivity index (χ4n) is 2.05. The van der Waals surface area contributed by atoms with Crippen LogP contribution >= 0.6 is 34.7 Å². The van der Waals surface area contributed by atoms with Gasteiger partial charge in [0.1, 0.15) is 6.61 Å².